The van der Waals surface area contributed by atoms with Crippen molar-refractivity contribution in [2.24, 2.45) is 0 Å². The molecular weight excluding hydrogens is 660 g/mol. The third-order valence-electron chi connectivity index (χ3n) is 8.73. The minimum Gasteiger partial charge on any atom is -0.493 e. The van der Waals surface area contributed by atoms with Gasteiger partial charge in [-0.2, -0.15) is 9.97 Å². The lowest BCUT2D eigenvalue weighted by molar-refractivity contribution is 0.0779. The molecule has 2 aromatic heterocycles. The van der Waals surface area contributed by atoms with E-state index >= 15 is 0 Å². The molecule has 0 saturated carbocycles. The topological polar surface area (TPSA) is 148 Å². The summed E-state index contributed by atoms with van der Waals surface area (Å²) in [5.41, 5.74) is 4.85. The Labute approximate surface area is 304 Å². The molecule has 0 atom stereocenters. The van der Waals surface area contributed by atoms with Crippen molar-refractivity contribution in [3.05, 3.63) is 106 Å². The van der Waals surface area contributed by atoms with E-state index in [9.17, 15) is 9.59 Å². The lowest BCUT2D eigenvalue weighted by Gasteiger charge is -2.23. The molecule has 0 aliphatic heterocycles. The minimum absolute atomic E-state index is 0.0234. The highest BCUT2D eigenvalue weighted by Gasteiger charge is 2.21. The van der Waals surface area contributed by atoms with Gasteiger partial charge < -0.3 is 34.4 Å². The van der Waals surface area contributed by atoms with Gasteiger partial charge in [0, 0.05) is 49.7 Å². The smallest absolute Gasteiger partial charge is 0.262 e. The van der Waals surface area contributed by atoms with E-state index < -0.39 is 5.91 Å². The number of carbonyl (C=O) groups excluding carboxylic acids is 2. The van der Waals surface area contributed by atoms with Gasteiger partial charge >= 0.3 is 0 Å². The lowest BCUT2D eigenvalue weighted by atomic mass is 10.1. The molecule has 2 N–H and O–H groups in total. The van der Waals surface area contributed by atoms with Crippen LogP contribution in [-0.4, -0.2) is 82.1 Å². The first-order valence-corrected chi connectivity index (χ1v) is 17.3. The zero-order valence-electron chi connectivity index (χ0n) is 30.8. The number of benzene rings is 3. The predicted molar refractivity (Wildman–Crippen MR) is 200 cm³/mol. The Morgan fingerprint density at radius 2 is 1.62 bits per heavy atom. The normalized spacial score (nSPS) is 11.0. The summed E-state index contributed by atoms with van der Waals surface area (Å²) >= 11 is 0. The second kappa shape index (κ2) is 17.4. The van der Waals surface area contributed by atoms with Crippen LogP contribution in [0, 0.1) is 20.8 Å². The number of carbonyl (C=O) groups is 2. The number of amides is 2. The average Bonchev–Trinajstić information content (AvgIpc) is 3.57. The fraction of sp³-hybridized carbons (Fsp3) is 0.333. The van der Waals surface area contributed by atoms with Gasteiger partial charge in [-0.05, 0) is 93.4 Å². The van der Waals surface area contributed by atoms with Crippen LogP contribution in [0.1, 0.15) is 63.0 Å². The molecule has 0 aliphatic rings. The molecule has 2 heterocycles. The molecule has 0 aliphatic carbocycles. The Kier molecular flexibility index (Phi) is 12.5. The van der Waals surface area contributed by atoms with Gasteiger partial charge in [0.05, 0.1) is 7.11 Å². The lowest BCUT2D eigenvalue weighted by Crippen LogP contribution is -2.36. The summed E-state index contributed by atoms with van der Waals surface area (Å²) in [5, 5.41) is 10.0. The van der Waals surface area contributed by atoms with Crippen molar-refractivity contribution in [1.82, 2.24) is 29.9 Å². The van der Waals surface area contributed by atoms with Crippen LogP contribution in [-0.2, 0) is 12.8 Å². The highest BCUT2D eigenvalue weighted by atomic mass is 16.5. The largest absolute Gasteiger partial charge is 0.493 e. The van der Waals surface area contributed by atoms with Crippen LogP contribution in [0.4, 0.5) is 17.3 Å². The van der Waals surface area contributed by atoms with Crippen LogP contribution in [0.3, 0.4) is 0 Å². The minimum atomic E-state index is -0.433. The standard InChI is InChI=1S/C39H46N8O5/c1-8-47(9-2)22-21-46(6)38(49)29-15-17-30(18-16-29)42-39-40-24-31(36(48)43-35-25(3)11-10-12-26(35)4)37(44-39)51-32-19-13-28(23-33(32)50-7)14-20-34-41-27(5)45-52-34/h10-13,15-19,23-24H,8-9,14,20-22H2,1-7H3,(H,43,48)(H,40,42,44). The number of nitrogens with one attached hydrogen (secondary N) is 2. The average molecular weight is 707 g/mol. The summed E-state index contributed by atoms with van der Waals surface area (Å²) in [4.78, 5) is 44.1. The molecule has 13 heteroatoms. The van der Waals surface area contributed by atoms with Crippen LogP contribution in [0.2, 0.25) is 0 Å². The van der Waals surface area contributed by atoms with Gasteiger partial charge in [0.1, 0.15) is 5.56 Å². The number of rotatable bonds is 16. The molecule has 52 heavy (non-hydrogen) atoms. The van der Waals surface area contributed by atoms with E-state index in [-0.39, 0.29) is 23.3 Å². The first kappa shape index (κ1) is 37.4. The highest BCUT2D eigenvalue weighted by molar-refractivity contribution is 6.06. The predicted octanol–water partition coefficient (Wildman–Crippen LogP) is 6.78. The number of ether oxygens (including phenoxy) is 2. The Morgan fingerprint density at radius 3 is 2.27 bits per heavy atom. The van der Waals surface area contributed by atoms with Gasteiger partial charge in [-0.25, -0.2) is 4.98 Å². The number of nitrogens with zero attached hydrogens (tertiary/aromatic N) is 6. The van der Waals surface area contributed by atoms with Crippen molar-refractivity contribution >= 4 is 29.1 Å². The van der Waals surface area contributed by atoms with Crippen LogP contribution < -0.4 is 20.1 Å². The van der Waals surface area contributed by atoms with Crippen molar-refractivity contribution in [1.29, 1.82) is 0 Å². The Balaban J connectivity index is 1.38. The second-order valence-corrected chi connectivity index (χ2v) is 12.4. The second-order valence-electron chi connectivity index (χ2n) is 12.4. The van der Waals surface area contributed by atoms with Crippen LogP contribution in [0.25, 0.3) is 0 Å². The van der Waals surface area contributed by atoms with E-state index in [2.05, 4.69) is 49.5 Å². The van der Waals surface area contributed by atoms with Gasteiger partial charge in [-0.1, -0.05) is 43.3 Å². The zero-order valence-corrected chi connectivity index (χ0v) is 30.8. The zero-order chi connectivity index (χ0) is 37.2. The number of para-hydroxylation sites is 1. The van der Waals surface area contributed by atoms with E-state index in [1.54, 1.807) is 49.3 Å². The fourth-order valence-electron chi connectivity index (χ4n) is 5.58. The molecule has 13 nitrogen and oxygen atoms in total. The number of hydrogen-bond donors (Lipinski definition) is 2. The SMILES string of the molecule is CCN(CC)CCN(C)C(=O)c1ccc(Nc2ncc(C(=O)Nc3c(C)cccc3C)c(Oc3ccc(CCc4nc(C)no4)cc3OC)n2)cc1. The first-order chi connectivity index (χ1) is 25.1. The number of methoxy groups -OCH3 is 1. The third-order valence-corrected chi connectivity index (χ3v) is 8.73. The molecular formula is C39H46N8O5. The quantitative estimate of drug-likeness (QED) is 0.112. The molecule has 0 unspecified atom stereocenters. The van der Waals surface area contributed by atoms with E-state index in [1.807, 2.05) is 51.2 Å². The summed E-state index contributed by atoms with van der Waals surface area (Å²) < 4.78 is 17.2. The molecule has 0 saturated heterocycles. The van der Waals surface area contributed by atoms with Gasteiger partial charge in [0.25, 0.3) is 11.8 Å². The Hall–Kier alpha value is -5.82. The van der Waals surface area contributed by atoms with Crippen molar-refractivity contribution in [3.63, 3.8) is 0 Å². The number of anilines is 3. The monoisotopic (exact) mass is 706 g/mol. The van der Waals surface area contributed by atoms with Crippen LogP contribution >= 0.6 is 0 Å². The van der Waals surface area contributed by atoms with Gasteiger partial charge in [-0.3, -0.25) is 9.59 Å². The molecule has 0 radical (unpaired) electrons. The van der Waals surface area contributed by atoms with Gasteiger partial charge in [-0.15, -0.1) is 0 Å². The Morgan fingerprint density at radius 1 is 0.885 bits per heavy atom. The van der Waals surface area contributed by atoms with Crippen molar-refractivity contribution in [3.8, 4) is 17.4 Å². The van der Waals surface area contributed by atoms with Gasteiger partial charge in [0.15, 0.2) is 17.3 Å². The number of likely N-dealkylation sites (N-methyl/N-ethyl adjacent to an activating group) is 2. The summed E-state index contributed by atoms with van der Waals surface area (Å²) in [7, 11) is 3.36. The van der Waals surface area contributed by atoms with Crippen molar-refractivity contribution in [2.45, 2.75) is 47.5 Å². The van der Waals surface area contributed by atoms with Crippen LogP contribution in [0.15, 0.2) is 71.4 Å². The van der Waals surface area contributed by atoms with Gasteiger partial charge in [0.2, 0.25) is 17.7 Å². The number of hydrogen-bond acceptors (Lipinski definition) is 11. The molecule has 272 valence electrons. The Bertz CT molecular complexity index is 1970. The summed E-state index contributed by atoms with van der Waals surface area (Å²) in [6.45, 7) is 13.2. The molecule has 5 aromatic rings. The van der Waals surface area contributed by atoms with Crippen molar-refractivity contribution in [2.75, 3.05) is 51.0 Å². The maximum Gasteiger partial charge on any atom is 0.262 e. The summed E-state index contributed by atoms with van der Waals surface area (Å²) in [5.74, 6) is 1.68. The molecule has 0 fully saturated rings. The van der Waals surface area contributed by atoms with E-state index in [1.165, 1.54) is 6.20 Å². The van der Waals surface area contributed by atoms with Crippen molar-refractivity contribution < 1.29 is 23.6 Å². The van der Waals surface area contributed by atoms with E-state index in [4.69, 9.17) is 14.0 Å². The van der Waals surface area contributed by atoms with Crippen LogP contribution in [0.5, 0.6) is 17.4 Å². The maximum atomic E-state index is 13.7. The molecule has 2 amide bonds. The number of aromatic nitrogens is 4. The van der Waals surface area contributed by atoms with E-state index in [0.29, 0.717) is 59.5 Å². The third kappa shape index (κ3) is 9.49. The number of aryl methyl sites for hydroxylation is 5. The highest BCUT2D eigenvalue weighted by Crippen LogP contribution is 2.34. The van der Waals surface area contributed by atoms with E-state index in [0.717, 1.165) is 36.3 Å². The molecule has 3 aromatic carbocycles. The molecule has 0 bridgehead atoms. The first-order valence-electron chi connectivity index (χ1n) is 17.3. The fourth-order valence-corrected chi connectivity index (χ4v) is 5.58. The maximum absolute atomic E-state index is 13.7. The molecule has 5 rings (SSSR count). The summed E-state index contributed by atoms with van der Waals surface area (Å²) in [6.07, 6.45) is 2.63. The molecule has 0 spiro atoms. The summed E-state index contributed by atoms with van der Waals surface area (Å²) in [6, 6.07) is 18.4.